The van der Waals surface area contributed by atoms with E-state index in [1.807, 2.05) is 31.2 Å². The molecular weight excluding hydrogens is 244 g/mol. The molecule has 3 N–H and O–H groups in total. The minimum absolute atomic E-state index is 0.266. The minimum Gasteiger partial charge on any atom is -0.481 e. The van der Waals surface area contributed by atoms with Gasteiger partial charge in [-0.1, -0.05) is 25.1 Å². The molecular formula is C14H20N2O3. The molecule has 0 saturated heterocycles. The Morgan fingerprint density at radius 1 is 1.32 bits per heavy atom. The van der Waals surface area contributed by atoms with Gasteiger partial charge < -0.3 is 15.7 Å². The van der Waals surface area contributed by atoms with Crippen molar-refractivity contribution in [3.8, 4) is 0 Å². The number of benzene rings is 1. The van der Waals surface area contributed by atoms with Crippen LogP contribution >= 0.6 is 0 Å². The lowest BCUT2D eigenvalue weighted by Gasteiger charge is -2.10. The fourth-order valence-electron chi connectivity index (χ4n) is 1.61. The van der Waals surface area contributed by atoms with E-state index in [9.17, 15) is 9.59 Å². The average Bonchev–Trinajstić information content (AvgIpc) is 2.37. The highest BCUT2D eigenvalue weighted by atomic mass is 16.4. The first-order chi connectivity index (χ1) is 9.00. The van der Waals surface area contributed by atoms with Crippen molar-refractivity contribution in [2.45, 2.75) is 26.7 Å². The number of carbonyl (C=O) groups is 2. The summed E-state index contributed by atoms with van der Waals surface area (Å²) in [5.41, 5.74) is 1.77. The van der Waals surface area contributed by atoms with Crippen molar-refractivity contribution in [3.05, 3.63) is 29.8 Å². The van der Waals surface area contributed by atoms with Gasteiger partial charge in [0, 0.05) is 12.2 Å². The van der Waals surface area contributed by atoms with E-state index in [1.165, 1.54) is 0 Å². The van der Waals surface area contributed by atoms with Crippen molar-refractivity contribution in [2.75, 3.05) is 11.9 Å². The number of anilines is 1. The van der Waals surface area contributed by atoms with E-state index in [4.69, 9.17) is 5.11 Å². The second kappa shape index (κ2) is 7.41. The maximum Gasteiger partial charge on any atom is 0.319 e. The first-order valence-electron chi connectivity index (χ1n) is 6.34. The molecule has 0 aromatic heterocycles. The number of carboxylic acid groups (broad SMARTS) is 1. The summed E-state index contributed by atoms with van der Waals surface area (Å²) in [5, 5.41) is 14.2. The fraction of sp³-hybridized carbons (Fsp3) is 0.429. The molecule has 5 heteroatoms. The van der Waals surface area contributed by atoms with E-state index in [0.717, 1.165) is 11.3 Å². The smallest absolute Gasteiger partial charge is 0.319 e. The maximum absolute atomic E-state index is 11.6. The number of aryl methyl sites for hydroxylation is 1. The summed E-state index contributed by atoms with van der Waals surface area (Å²) in [6.07, 6.45) is 1.20. The molecule has 0 aliphatic carbocycles. The van der Waals surface area contributed by atoms with Gasteiger partial charge in [0.1, 0.15) is 0 Å². The van der Waals surface area contributed by atoms with Crippen LogP contribution in [0.15, 0.2) is 24.3 Å². The number of hydrogen-bond acceptors (Lipinski definition) is 2. The normalized spacial score (nSPS) is 11.7. The standard InChI is InChI=1S/C14H20N2O3/c1-10-6-3-4-8-12(10)16-14(19)15-9-5-7-11(2)13(17)18/h3-4,6,8,11H,5,7,9H2,1-2H3,(H,17,18)(H2,15,16,19). The van der Waals surface area contributed by atoms with E-state index in [2.05, 4.69) is 10.6 Å². The second-order valence-electron chi connectivity index (χ2n) is 4.58. The van der Waals surface area contributed by atoms with Crippen molar-refractivity contribution in [2.24, 2.45) is 5.92 Å². The minimum atomic E-state index is -0.802. The maximum atomic E-state index is 11.6. The summed E-state index contributed by atoms with van der Waals surface area (Å²) in [7, 11) is 0. The topological polar surface area (TPSA) is 78.4 Å². The molecule has 1 rings (SSSR count). The van der Waals surface area contributed by atoms with Gasteiger partial charge in [0.25, 0.3) is 0 Å². The second-order valence-corrected chi connectivity index (χ2v) is 4.58. The zero-order valence-electron chi connectivity index (χ0n) is 11.3. The number of rotatable bonds is 6. The monoisotopic (exact) mass is 264 g/mol. The number of para-hydroxylation sites is 1. The molecule has 0 aliphatic heterocycles. The zero-order valence-corrected chi connectivity index (χ0v) is 11.3. The molecule has 104 valence electrons. The molecule has 1 aromatic rings. The number of carbonyl (C=O) groups excluding carboxylic acids is 1. The van der Waals surface area contributed by atoms with E-state index >= 15 is 0 Å². The van der Waals surface area contributed by atoms with Gasteiger partial charge >= 0.3 is 12.0 Å². The zero-order chi connectivity index (χ0) is 14.3. The summed E-state index contributed by atoms with van der Waals surface area (Å²) in [6, 6.07) is 7.26. The Morgan fingerprint density at radius 3 is 2.63 bits per heavy atom. The van der Waals surface area contributed by atoms with Crippen LogP contribution in [0.25, 0.3) is 0 Å². The van der Waals surface area contributed by atoms with Crippen LogP contribution in [0.5, 0.6) is 0 Å². The Bertz CT molecular complexity index is 446. The van der Waals surface area contributed by atoms with Gasteiger partial charge in [0.2, 0.25) is 0 Å². The molecule has 1 aromatic carbocycles. The fourth-order valence-corrected chi connectivity index (χ4v) is 1.61. The van der Waals surface area contributed by atoms with Crippen molar-refractivity contribution >= 4 is 17.7 Å². The molecule has 0 fully saturated rings. The Morgan fingerprint density at radius 2 is 2.00 bits per heavy atom. The molecule has 0 aliphatic rings. The van der Waals surface area contributed by atoms with Gasteiger partial charge in [-0.3, -0.25) is 4.79 Å². The molecule has 19 heavy (non-hydrogen) atoms. The average molecular weight is 264 g/mol. The SMILES string of the molecule is Cc1ccccc1NC(=O)NCCCC(C)C(=O)O. The van der Waals surface area contributed by atoms with Crippen molar-refractivity contribution in [1.29, 1.82) is 0 Å². The summed E-state index contributed by atoms with van der Waals surface area (Å²) in [5.74, 6) is -1.18. The number of hydrogen-bond donors (Lipinski definition) is 3. The van der Waals surface area contributed by atoms with E-state index in [1.54, 1.807) is 6.92 Å². The van der Waals surface area contributed by atoms with Crippen LogP contribution in [0.4, 0.5) is 10.5 Å². The van der Waals surface area contributed by atoms with E-state index in [-0.39, 0.29) is 11.9 Å². The van der Waals surface area contributed by atoms with E-state index in [0.29, 0.717) is 19.4 Å². The summed E-state index contributed by atoms with van der Waals surface area (Å²) >= 11 is 0. The van der Waals surface area contributed by atoms with Crippen molar-refractivity contribution in [1.82, 2.24) is 5.32 Å². The highest BCUT2D eigenvalue weighted by Gasteiger charge is 2.10. The molecule has 2 amide bonds. The molecule has 1 atom stereocenters. The van der Waals surface area contributed by atoms with Crippen LogP contribution < -0.4 is 10.6 Å². The Kier molecular flexibility index (Phi) is 5.85. The van der Waals surface area contributed by atoms with Gasteiger partial charge in [0.15, 0.2) is 0 Å². The lowest BCUT2D eigenvalue weighted by Crippen LogP contribution is -2.30. The largest absolute Gasteiger partial charge is 0.481 e. The molecule has 1 unspecified atom stereocenters. The molecule has 0 saturated carbocycles. The molecule has 5 nitrogen and oxygen atoms in total. The molecule has 0 radical (unpaired) electrons. The molecule has 0 bridgehead atoms. The molecule has 0 spiro atoms. The predicted molar refractivity (Wildman–Crippen MR) is 74.2 cm³/mol. The highest BCUT2D eigenvalue weighted by molar-refractivity contribution is 5.89. The summed E-state index contributed by atoms with van der Waals surface area (Å²) < 4.78 is 0. The number of aliphatic carboxylic acids is 1. The van der Waals surface area contributed by atoms with Gasteiger partial charge in [0.05, 0.1) is 5.92 Å². The number of nitrogens with one attached hydrogen (secondary N) is 2. The van der Waals surface area contributed by atoms with Crippen LogP contribution in [0, 0.1) is 12.8 Å². The number of amides is 2. The summed E-state index contributed by atoms with van der Waals surface area (Å²) in [6.45, 7) is 4.05. The van der Waals surface area contributed by atoms with Crippen LogP contribution in [-0.4, -0.2) is 23.7 Å². The van der Waals surface area contributed by atoms with Gasteiger partial charge in [-0.25, -0.2) is 4.79 Å². The van der Waals surface area contributed by atoms with Crippen LogP contribution in [0.2, 0.25) is 0 Å². The van der Waals surface area contributed by atoms with E-state index < -0.39 is 5.97 Å². The number of urea groups is 1. The van der Waals surface area contributed by atoms with Crippen molar-refractivity contribution < 1.29 is 14.7 Å². The Balaban J connectivity index is 2.26. The third kappa shape index (κ3) is 5.42. The number of carboxylic acids is 1. The van der Waals surface area contributed by atoms with Gasteiger partial charge in [-0.2, -0.15) is 0 Å². The Hall–Kier alpha value is -2.04. The van der Waals surface area contributed by atoms with Crippen molar-refractivity contribution in [3.63, 3.8) is 0 Å². The lowest BCUT2D eigenvalue weighted by atomic mass is 10.1. The van der Waals surface area contributed by atoms with Gasteiger partial charge in [-0.05, 0) is 31.4 Å². The van der Waals surface area contributed by atoms with Gasteiger partial charge in [-0.15, -0.1) is 0 Å². The van der Waals surface area contributed by atoms with Crippen LogP contribution in [0.1, 0.15) is 25.3 Å². The Labute approximate surface area is 113 Å². The van der Waals surface area contributed by atoms with Crippen LogP contribution in [0.3, 0.4) is 0 Å². The first-order valence-corrected chi connectivity index (χ1v) is 6.34. The third-order valence-electron chi connectivity index (χ3n) is 2.91. The highest BCUT2D eigenvalue weighted by Crippen LogP contribution is 2.12. The molecule has 0 heterocycles. The lowest BCUT2D eigenvalue weighted by molar-refractivity contribution is -0.141. The predicted octanol–water partition coefficient (Wildman–Crippen LogP) is 2.62. The summed E-state index contributed by atoms with van der Waals surface area (Å²) in [4.78, 5) is 22.2. The third-order valence-corrected chi connectivity index (χ3v) is 2.91. The first kappa shape index (κ1) is 15.0. The quantitative estimate of drug-likeness (QED) is 0.691. The van der Waals surface area contributed by atoms with Crippen LogP contribution in [-0.2, 0) is 4.79 Å².